The highest BCUT2D eigenvalue weighted by atomic mass is 16.4. The van der Waals surface area contributed by atoms with Crippen LogP contribution < -0.4 is 0 Å². The van der Waals surface area contributed by atoms with E-state index in [1.807, 2.05) is 0 Å². The van der Waals surface area contributed by atoms with E-state index in [0.717, 1.165) is 13.8 Å². The van der Waals surface area contributed by atoms with E-state index in [0.29, 0.717) is 5.56 Å². The van der Waals surface area contributed by atoms with E-state index in [1.165, 1.54) is 6.08 Å². The summed E-state index contributed by atoms with van der Waals surface area (Å²) < 4.78 is 0. The van der Waals surface area contributed by atoms with Gasteiger partial charge in [0.1, 0.15) is 29.2 Å². The fourth-order valence-electron chi connectivity index (χ4n) is 1.88. The van der Waals surface area contributed by atoms with Gasteiger partial charge in [-0.05, 0) is 25.5 Å². The molecule has 0 aromatic heterocycles. The first-order chi connectivity index (χ1) is 9.64. The van der Waals surface area contributed by atoms with Crippen LogP contribution in [0.5, 0.6) is 0 Å². The largest absolute Gasteiger partial charge is 0.509 e. The molecule has 0 bridgehead atoms. The summed E-state index contributed by atoms with van der Waals surface area (Å²) in [5, 5.41) is 58.9. The molecule has 0 saturated heterocycles. The van der Waals surface area contributed by atoms with Crippen molar-refractivity contribution in [2.75, 3.05) is 6.61 Å². The minimum Gasteiger partial charge on any atom is -0.509 e. The lowest BCUT2D eigenvalue weighted by molar-refractivity contribution is -0.225. The van der Waals surface area contributed by atoms with Crippen molar-refractivity contribution < 1.29 is 30.6 Å². The quantitative estimate of drug-likeness (QED) is 0.405. The van der Waals surface area contributed by atoms with Crippen LogP contribution in [0, 0.1) is 0 Å². The number of hydrogen-bond acceptors (Lipinski definition) is 6. The second kappa shape index (κ2) is 6.55. The van der Waals surface area contributed by atoms with Crippen molar-refractivity contribution in [1.29, 1.82) is 0 Å². The van der Waals surface area contributed by atoms with Crippen LogP contribution >= 0.6 is 0 Å². The van der Waals surface area contributed by atoms with Crippen molar-refractivity contribution >= 4 is 6.08 Å². The molecule has 118 valence electrons. The third kappa shape index (κ3) is 3.61. The number of rotatable bonds is 6. The second-order valence-corrected chi connectivity index (χ2v) is 5.38. The maximum absolute atomic E-state index is 10.3. The molecule has 0 radical (unpaired) electrons. The van der Waals surface area contributed by atoms with Crippen molar-refractivity contribution in [3.05, 3.63) is 41.7 Å². The van der Waals surface area contributed by atoms with E-state index in [4.69, 9.17) is 5.11 Å². The summed E-state index contributed by atoms with van der Waals surface area (Å²) in [4.78, 5) is 0. The molecule has 6 N–H and O–H groups in total. The molecule has 1 aromatic carbocycles. The molecular weight excluding hydrogens is 276 g/mol. The van der Waals surface area contributed by atoms with Crippen LogP contribution in [-0.4, -0.2) is 60.7 Å². The Morgan fingerprint density at radius 2 is 1.62 bits per heavy atom. The molecule has 0 heterocycles. The molecule has 6 heteroatoms. The van der Waals surface area contributed by atoms with Gasteiger partial charge in [0.25, 0.3) is 0 Å². The lowest BCUT2D eigenvalue weighted by Gasteiger charge is -2.43. The summed E-state index contributed by atoms with van der Waals surface area (Å²) in [6.45, 7) is 1.32. The minimum atomic E-state index is -2.29. The van der Waals surface area contributed by atoms with E-state index in [2.05, 4.69) is 0 Å². The van der Waals surface area contributed by atoms with Crippen LogP contribution in [0.15, 0.2) is 36.1 Å². The Morgan fingerprint density at radius 1 is 1.10 bits per heavy atom. The zero-order chi connectivity index (χ0) is 16.3. The predicted octanol–water partition coefficient (Wildman–Crippen LogP) is -0.198. The fraction of sp³-hybridized carbons (Fsp3) is 0.467. The van der Waals surface area contributed by atoms with Crippen molar-refractivity contribution in [2.45, 2.75) is 37.3 Å². The van der Waals surface area contributed by atoms with Gasteiger partial charge in [-0.3, -0.25) is 0 Å². The first-order valence-electron chi connectivity index (χ1n) is 6.52. The van der Waals surface area contributed by atoms with Crippen LogP contribution in [0.1, 0.15) is 19.4 Å². The van der Waals surface area contributed by atoms with Gasteiger partial charge in [-0.15, -0.1) is 0 Å². The van der Waals surface area contributed by atoms with Crippen LogP contribution in [-0.2, 0) is 0 Å². The lowest BCUT2D eigenvalue weighted by atomic mass is 9.77. The summed E-state index contributed by atoms with van der Waals surface area (Å²) in [6.07, 6.45) is -2.30. The molecule has 0 aliphatic carbocycles. The first-order valence-corrected chi connectivity index (χ1v) is 6.52. The van der Waals surface area contributed by atoms with Crippen LogP contribution in [0.3, 0.4) is 0 Å². The first kappa shape index (κ1) is 17.6. The monoisotopic (exact) mass is 298 g/mol. The van der Waals surface area contributed by atoms with E-state index in [1.54, 1.807) is 30.3 Å². The number of hydrogen-bond donors (Lipinski definition) is 6. The Bertz CT molecular complexity index is 480. The van der Waals surface area contributed by atoms with Gasteiger partial charge in [-0.2, -0.15) is 0 Å². The highest BCUT2D eigenvalue weighted by molar-refractivity contribution is 5.52. The van der Waals surface area contributed by atoms with Gasteiger partial charge in [0.05, 0.1) is 6.61 Å². The topological polar surface area (TPSA) is 121 Å². The van der Waals surface area contributed by atoms with Gasteiger partial charge < -0.3 is 30.6 Å². The number of aliphatic hydroxyl groups is 6. The molecule has 0 spiro atoms. The second-order valence-electron chi connectivity index (χ2n) is 5.38. The Labute approximate surface area is 123 Å². The van der Waals surface area contributed by atoms with Gasteiger partial charge in [0.2, 0.25) is 0 Å². The van der Waals surface area contributed by atoms with Gasteiger partial charge in [0.15, 0.2) is 0 Å². The third-order valence-electron chi connectivity index (χ3n) is 3.77. The van der Waals surface area contributed by atoms with E-state index in [-0.39, 0.29) is 0 Å². The Kier molecular flexibility index (Phi) is 5.49. The molecular formula is C15H22O6. The average molecular weight is 298 g/mol. The van der Waals surface area contributed by atoms with Gasteiger partial charge in [-0.1, -0.05) is 30.3 Å². The summed E-state index contributed by atoms with van der Waals surface area (Å²) >= 11 is 0. The molecule has 0 aliphatic heterocycles. The third-order valence-corrected chi connectivity index (χ3v) is 3.77. The van der Waals surface area contributed by atoms with Gasteiger partial charge in [-0.25, -0.2) is 0 Å². The lowest BCUT2D eigenvalue weighted by Crippen LogP contribution is -2.64. The average Bonchev–Trinajstić information content (AvgIpc) is 2.46. The molecule has 6 nitrogen and oxygen atoms in total. The van der Waals surface area contributed by atoms with Crippen LogP contribution in [0.2, 0.25) is 0 Å². The summed E-state index contributed by atoms with van der Waals surface area (Å²) in [6, 6.07) is 8.60. The molecule has 0 amide bonds. The minimum absolute atomic E-state index is 0.573. The summed E-state index contributed by atoms with van der Waals surface area (Å²) in [7, 11) is 0. The molecule has 0 unspecified atom stereocenters. The van der Waals surface area contributed by atoms with Crippen LogP contribution in [0.4, 0.5) is 0 Å². The Balaban J connectivity index is 3.05. The van der Waals surface area contributed by atoms with E-state index < -0.39 is 35.8 Å². The highest BCUT2D eigenvalue weighted by Crippen LogP contribution is 2.31. The maximum Gasteiger partial charge on any atom is 0.142 e. The molecule has 1 aromatic rings. The van der Waals surface area contributed by atoms with Gasteiger partial charge in [0, 0.05) is 0 Å². The normalized spacial score (nSPS) is 21.2. The van der Waals surface area contributed by atoms with Crippen molar-refractivity contribution in [1.82, 2.24) is 0 Å². The van der Waals surface area contributed by atoms with Crippen molar-refractivity contribution in [2.24, 2.45) is 0 Å². The van der Waals surface area contributed by atoms with Crippen molar-refractivity contribution in [3.8, 4) is 0 Å². The molecule has 1 rings (SSSR count). The summed E-state index contributed by atoms with van der Waals surface area (Å²) in [5.41, 5.74) is -3.93. The van der Waals surface area contributed by atoms with Crippen molar-refractivity contribution in [3.63, 3.8) is 0 Å². The smallest absolute Gasteiger partial charge is 0.142 e. The van der Waals surface area contributed by atoms with Crippen LogP contribution in [0.25, 0.3) is 6.08 Å². The molecule has 0 saturated carbocycles. The number of aliphatic hydroxyl groups excluding tert-OH is 4. The fourth-order valence-corrected chi connectivity index (χ4v) is 1.88. The number of benzene rings is 1. The molecule has 21 heavy (non-hydrogen) atoms. The van der Waals surface area contributed by atoms with E-state index >= 15 is 0 Å². The Morgan fingerprint density at radius 3 is 2.10 bits per heavy atom. The zero-order valence-electron chi connectivity index (χ0n) is 12.0. The molecule has 0 fully saturated rings. The Hall–Kier alpha value is -1.44. The van der Waals surface area contributed by atoms with Gasteiger partial charge >= 0.3 is 0 Å². The molecule has 0 aliphatic rings. The standard InChI is InChI=1S/C15H22O6/c1-14(20,12(18)9-16)15(2,21)13(19)11(17)8-10-6-4-3-5-7-10/h3-8,12-13,16-21H,9H2,1-2H3/t12-,13+,14-,15-/m1/s1. The van der Waals surface area contributed by atoms with E-state index in [9.17, 15) is 25.5 Å². The SMILES string of the molecule is C[C@@](O)([C@H](O)CO)[C@](C)(O)[C@@H](O)C(O)=Cc1ccccc1. The predicted molar refractivity (Wildman–Crippen MR) is 77.4 cm³/mol. The zero-order valence-corrected chi connectivity index (χ0v) is 12.0. The maximum atomic E-state index is 10.3. The highest BCUT2D eigenvalue weighted by Gasteiger charge is 2.52. The molecule has 4 atom stereocenters. The summed E-state index contributed by atoms with van der Waals surface area (Å²) in [5.74, 6) is -0.573.